The number of aliphatic carboxylic acids is 1. The van der Waals surface area contributed by atoms with Crippen LogP contribution in [0.25, 0.3) is 0 Å². The van der Waals surface area contributed by atoms with Crippen LogP contribution in [0.5, 0.6) is 0 Å². The first kappa shape index (κ1) is 14.1. The van der Waals surface area contributed by atoms with E-state index < -0.39 is 5.97 Å². The van der Waals surface area contributed by atoms with E-state index in [1.165, 1.54) is 11.1 Å². The van der Waals surface area contributed by atoms with E-state index in [1.807, 2.05) is 0 Å². The Kier molecular flexibility index (Phi) is 4.97. The van der Waals surface area contributed by atoms with E-state index >= 15 is 0 Å². The minimum Gasteiger partial charge on any atom is -0.550 e. The third-order valence-electron chi connectivity index (χ3n) is 4.31. The molecule has 1 aromatic carbocycles. The molecule has 1 aliphatic carbocycles. The van der Waals surface area contributed by atoms with Gasteiger partial charge < -0.3 is 15.2 Å². The average Bonchev–Trinajstić information content (AvgIpc) is 2.41. The van der Waals surface area contributed by atoms with E-state index in [-0.39, 0.29) is 5.92 Å². The van der Waals surface area contributed by atoms with Gasteiger partial charge >= 0.3 is 0 Å². The van der Waals surface area contributed by atoms with Gasteiger partial charge in [-0.1, -0.05) is 24.3 Å². The predicted octanol–water partition coefficient (Wildman–Crippen LogP) is 0.615. The van der Waals surface area contributed by atoms with Gasteiger partial charge in [0.1, 0.15) is 6.54 Å². The van der Waals surface area contributed by atoms with Gasteiger partial charge in [0.25, 0.3) is 0 Å². The van der Waals surface area contributed by atoms with Gasteiger partial charge in [-0.25, -0.2) is 0 Å². The molecule has 1 fully saturated rings. The summed E-state index contributed by atoms with van der Waals surface area (Å²) < 4.78 is 0. The van der Waals surface area contributed by atoms with Crippen molar-refractivity contribution in [3.8, 4) is 0 Å². The number of nitrogens with two attached hydrogens (primary N) is 1. The van der Waals surface area contributed by atoms with Gasteiger partial charge in [0.2, 0.25) is 0 Å². The number of rotatable bonds is 5. The van der Waals surface area contributed by atoms with E-state index in [4.69, 9.17) is 0 Å². The minimum absolute atomic E-state index is 0.201. The van der Waals surface area contributed by atoms with Gasteiger partial charge in [0, 0.05) is 17.5 Å². The van der Waals surface area contributed by atoms with Crippen molar-refractivity contribution in [2.45, 2.75) is 39.2 Å². The number of quaternary nitrogens is 1. The van der Waals surface area contributed by atoms with Gasteiger partial charge in [-0.2, -0.15) is 0 Å². The molecule has 0 spiro atoms. The quantitative estimate of drug-likeness (QED) is 0.844. The second-order valence-corrected chi connectivity index (χ2v) is 5.69. The monoisotopic (exact) mass is 261 g/mol. The SMILES string of the molecule is Cc1ccccc1C[NH2+]CC1CCC(C(=O)[O-])CC1. The molecule has 0 aliphatic heterocycles. The van der Waals surface area contributed by atoms with Crippen molar-refractivity contribution >= 4 is 5.97 Å². The molecule has 1 saturated carbocycles. The Labute approximate surface area is 115 Å². The zero-order chi connectivity index (χ0) is 13.7. The Bertz CT molecular complexity index is 423. The van der Waals surface area contributed by atoms with E-state index in [2.05, 4.69) is 36.5 Å². The van der Waals surface area contributed by atoms with Crippen molar-refractivity contribution in [2.75, 3.05) is 6.54 Å². The summed E-state index contributed by atoms with van der Waals surface area (Å²) in [5.74, 6) is -0.394. The van der Waals surface area contributed by atoms with Crippen LogP contribution in [0.4, 0.5) is 0 Å². The Morgan fingerprint density at radius 3 is 2.58 bits per heavy atom. The first-order valence-electron chi connectivity index (χ1n) is 7.24. The molecule has 104 valence electrons. The smallest absolute Gasteiger partial charge is 0.101 e. The lowest BCUT2D eigenvalue weighted by Crippen LogP contribution is -2.84. The molecule has 0 heterocycles. The van der Waals surface area contributed by atoms with Crippen molar-refractivity contribution in [3.05, 3.63) is 35.4 Å². The molecule has 0 unspecified atom stereocenters. The summed E-state index contributed by atoms with van der Waals surface area (Å²) in [6, 6.07) is 8.48. The molecule has 2 rings (SSSR count). The van der Waals surface area contributed by atoms with Gasteiger partial charge in [0.15, 0.2) is 0 Å². The molecule has 0 saturated heterocycles. The van der Waals surface area contributed by atoms with Gasteiger partial charge in [-0.3, -0.25) is 0 Å². The predicted molar refractivity (Wildman–Crippen MR) is 72.1 cm³/mol. The summed E-state index contributed by atoms with van der Waals surface area (Å²) in [7, 11) is 0. The zero-order valence-corrected chi connectivity index (χ0v) is 11.6. The second-order valence-electron chi connectivity index (χ2n) is 5.69. The third-order valence-corrected chi connectivity index (χ3v) is 4.31. The van der Waals surface area contributed by atoms with E-state index in [0.717, 1.165) is 38.8 Å². The fourth-order valence-corrected chi connectivity index (χ4v) is 2.95. The summed E-state index contributed by atoms with van der Waals surface area (Å²) in [6.45, 7) is 4.27. The number of carboxylic acids is 1. The first-order chi connectivity index (χ1) is 9.16. The molecular weight excluding hydrogens is 238 g/mol. The maximum Gasteiger partial charge on any atom is 0.101 e. The second kappa shape index (κ2) is 6.71. The Hall–Kier alpha value is -1.35. The lowest BCUT2D eigenvalue weighted by Gasteiger charge is -2.28. The molecule has 0 radical (unpaired) electrons. The van der Waals surface area contributed by atoms with Crippen LogP contribution in [0, 0.1) is 18.8 Å². The Balaban J connectivity index is 1.70. The van der Waals surface area contributed by atoms with Gasteiger partial charge in [-0.05, 0) is 44.1 Å². The largest absolute Gasteiger partial charge is 0.550 e. The Morgan fingerprint density at radius 1 is 1.26 bits per heavy atom. The van der Waals surface area contributed by atoms with Crippen molar-refractivity contribution in [1.82, 2.24) is 0 Å². The molecule has 1 aliphatic rings. The van der Waals surface area contributed by atoms with Crippen molar-refractivity contribution < 1.29 is 15.2 Å². The van der Waals surface area contributed by atoms with Crippen LogP contribution in [0.15, 0.2) is 24.3 Å². The van der Waals surface area contributed by atoms with Crippen LogP contribution in [-0.2, 0) is 11.3 Å². The molecule has 3 nitrogen and oxygen atoms in total. The summed E-state index contributed by atoms with van der Waals surface area (Å²) in [4.78, 5) is 10.8. The average molecular weight is 261 g/mol. The van der Waals surface area contributed by atoms with Gasteiger partial charge in [0.05, 0.1) is 6.54 Å². The number of benzene rings is 1. The highest BCUT2D eigenvalue weighted by Gasteiger charge is 2.22. The van der Waals surface area contributed by atoms with Crippen LogP contribution in [0.2, 0.25) is 0 Å². The molecule has 3 heteroatoms. The summed E-state index contributed by atoms with van der Waals surface area (Å²) in [5, 5.41) is 13.1. The van der Waals surface area contributed by atoms with E-state index in [9.17, 15) is 9.90 Å². The number of aryl methyl sites for hydroxylation is 1. The third kappa shape index (κ3) is 4.06. The van der Waals surface area contributed by atoms with Crippen molar-refractivity contribution in [2.24, 2.45) is 11.8 Å². The van der Waals surface area contributed by atoms with Crippen LogP contribution >= 0.6 is 0 Å². The molecule has 0 aromatic heterocycles. The molecule has 2 N–H and O–H groups in total. The number of carboxylic acid groups (broad SMARTS) is 1. The standard InChI is InChI=1S/C16H23NO2/c1-12-4-2-3-5-15(12)11-17-10-13-6-8-14(9-7-13)16(18)19/h2-5,13-14,17H,6-11H2,1H3,(H,18,19). The maximum absolute atomic E-state index is 10.8. The highest BCUT2D eigenvalue weighted by atomic mass is 16.4. The fourth-order valence-electron chi connectivity index (χ4n) is 2.95. The van der Waals surface area contributed by atoms with E-state index in [1.54, 1.807) is 0 Å². The lowest BCUT2D eigenvalue weighted by molar-refractivity contribution is -0.676. The number of carbonyl (C=O) groups excluding carboxylic acids is 1. The zero-order valence-electron chi connectivity index (χ0n) is 11.6. The van der Waals surface area contributed by atoms with Gasteiger partial charge in [-0.15, -0.1) is 0 Å². The first-order valence-corrected chi connectivity index (χ1v) is 7.24. The molecule has 19 heavy (non-hydrogen) atoms. The molecule has 0 atom stereocenters. The van der Waals surface area contributed by atoms with Crippen LogP contribution in [0.3, 0.4) is 0 Å². The summed E-state index contributed by atoms with van der Waals surface area (Å²) >= 11 is 0. The molecule has 1 aromatic rings. The maximum atomic E-state index is 10.8. The molecule has 0 bridgehead atoms. The number of hydrogen-bond acceptors (Lipinski definition) is 2. The van der Waals surface area contributed by atoms with Crippen LogP contribution in [0.1, 0.15) is 36.8 Å². The van der Waals surface area contributed by atoms with Crippen LogP contribution < -0.4 is 10.4 Å². The normalized spacial score (nSPS) is 23.2. The number of hydrogen-bond donors (Lipinski definition) is 1. The number of carbonyl (C=O) groups is 1. The summed E-state index contributed by atoms with van der Waals surface area (Å²) in [6.07, 6.45) is 3.66. The summed E-state index contributed by atoms with van der Waals surface area (Å²) in [5.41, 5.74) is 2.74. The minimum atomic E-state index is -0.859. The Morgan fingerprint density at radius 2 is 1.95 bits per heavy atom. The van der Waals surface area contributed by atoms with Crippen molar-refractivity contribution in [1.29, 1.82) is 0 Å². The topological polar surface area (TPSA) is 56.7 Å². The highest BCUT2D eigenvalue weighted by molar-refractivity contribution is 5.67. The van der Waals surface area contributed by atoms with E-state index in [0.29, 0.717) is 5.92 Å². The molecule has 0 amide bonds. The lowest BCUT2D eigenvalue weighted by atomic mass is 9.82. The highest BCUT2D eigenvalue weighted by Crippen LogP contribution is 2.27. The fraction of sp³-hybridized carbons (Fsp3) is 0.562. The molecular formula is C16H23NO2. The van der Waals surface area contributed by atoms with Crippen molar-refractivity contribution in [3.63, 3.8) is 0 Å². The van der Waals surface area contributed by atoms with Crippen LogP contribution in [-0.4, -0.2) is 12.5 Å².